The van der Waals surface area contributed by atoms with E-state index < -0.39 is 0 Å². The van der Waals surface area contributed by atoms with Crippen molar-refractivity contribution in [1.82, 2.24) is 4.98 Å². The first-order chi connectivity index (χ1) is 12.1. The minimum Gasteiger partial charge on any atom is -0.436 e. The average molecular weight is 481 g/mol. The van der Waals surface area contributed by atoms with Gasteiger partial charge in [0, 0.05) is 9.26 Å². The Bertz CT molecular complexity index is 1080. The largest absolute Gasteiger partial charge is 0.436 e. The molecule has 0 aliphatic heterocycles. The van der Waals surface area contributed by atoms with E-state index in [0.717, 1.165) is 9.13 Å². The Balaban J connectivity index is 1.68. The fourth-order valence-corrected chi connectivity index (χ4v) is 3.69. The summed E-state index contributed by atoms with van der Waals surface area (Å²) in [5, 5.41) is 5.32. The number of fused-ring (bicyclic) bond motifs is 1. The number of nitrogens with one attached hydrogen (secondary N) is 1. The number of anilines is 1. The van der Waals surface area contributed by atoms with Gasteiger partial charge in [0.15, 0.2) is 5.58 Å². The van der Waals surface area contributed by atoms with Crippen LogP contribution in [-0.4, -0.2) is 10.9 Å². The summed E-state index contributed by atoms with van der Waals surface area (Å²) in [6, 6.07) is 14.7. The van der Waals surface area contributed by atoms with Crippen molar-refractivity contribution in [3.05, 3.63) is 67.4 Å². The minimum atomic E-state index is -0.140. The fourth-order valence-electron chi connectivity index (χ4n) is 2.38. The summed E-state index contributed by atoms with van der Waals surface area (Å²) in [4.78, 5) is 17.3. The predicted octanol–water partition coefficient (Wildman–Crippen LogP) is 6.07. The number of oxazole rings is 1. The summed E-state index contributed by atoms with van der Waals surface area (Å²) in [7, 11) is 0. The van der Waals surface area contributed by atoms with Crippen LogP contribution in [-0.2, 0) is 0 Å². The number of halogens is 2. The number of carbonyl (C=O) groups excluding carboxylic acids is 1. The fraction of sp³-hybridized carbons (Fsp3) is 0. The quantitative estimate of drug-likeness (QED) is 0.362. The van der Waals surface area contributed by atoms with Gasteiger partial charge in [-0.15, -0.1) is 11.3 Å². The molecular weight excluding hydrogens is 471 g/mol. The zero-order chi connectivity index (χ0) is 17.4. The van der Waals surface area contributed by atoms with E-state index in [1.165, 1.54) is 11.3 Å². The molecule has 0 spiro atoms. The van der Waals surface area contributed by atoms with E-state index in [-0.39, 0.29) is 5.91 Å². The molecule has 2 aromatic heterocycles. The summed E-state index contributed by atoms with van der Waals surface area (Å²) in [5.74, 6) is 0.318. The highest BCUT2D eigenvalue weighted by Crippen LogP contribution is 2.32. The van der Waals surface area contributed by atoms with Gasteiger partial charge in [0.2, 0.25) is 5.89 Å². The topological polar surface area (TPSA) is 55.1 Å². The third-order valence-corrected chi connectivity index (χ3v) is 5.42. The van der Waals surface area contributed by atoms with Crippen molar-refractivity contribution in [2.75, 3.05) is 5.32 Å². The van der Waals surface area contributed by atoms with Gasteiger partial charge in [-0.1, -0.05) is 17.7 Å². The maximum atomic E-state index is 12.2. The molecule has 0 saturated heterocycles. The molecule has 2 heterocycles. The van der Waals surface area contributed by atoms with Crippen LogP contribution in [0.5, 0.6) is 0 Å². The number of aromatic nitrogens is 1. The smallest absolute Gasteiger partial charge is 0.265 e. The number of thiophene rings is 1. The number of amides is 1. The van der Waals surface area contributed by atoms with Crippen LogP contribution in [0.4, 0.5) is 5.69 Å². The average Bonchev–Trinajstić information content (AvgIpc) is 3.26. The van der Waals surface area contributed by atoms with Crippen molar-refractivity contribution in [1.29, 1.82) is 0 Å². The van der Waals surface area contributed by atoms with Gasteiger partial charge < -0.3 is 9.73 Å². The zero-order valence-electron chi connectivity index (χ0n) is 12.6. The van der Waals surface area contributed by atoms with Crippen LogP contribution in [0.15, 0.2) is 58.3 Å². The molecule has 0 unspecified atom stereocenters. The molecule has 4 nitrogen and oxygen atoms in total. The molecule has 0 bridgehead atoms. The van der Waals surface area contributed by atoms with E-state index in [1.54, 1.807) is 24.3 Å². The Labute approximate surface area is 166 Å². The molecule has 4 aromatic rings. The molecule has 0 aliphatic carbocycles. The third kappa shape index (κ3) is 3.42. The van der Waals surface area contributed by atoms with Crippen molar-refractivity contribution in [3.63, 3.8) is 0 Å². The predicted molar refractivity (Wildman–Crippen MR) is 109 cm³/mol. The Kier molecular flexibility index (Phi) is 4.49. The summed E-state index contributed by atoms with van der Waals surface area (Å²) in [6.07, 6.45) is 0. The summed E-state index contributed by atoms with van der Waals surface area (Å²) < 4.78 is 6.86. The second-order valence-electron chi connectivity index (χ2n) is 5.26. The van der Waals surface area contributed by atoms with Gasteiger partial charge in [0.1, 0.15) is 5.52 Å². The molecule has 4 rings (SSSR count). The first-order valence-electron chi connectivity index (χ1n) is 7.31. The summed E-state index contributed by atoms with van der Waals surface area (Å²) in [6.45, 7) is 0. The molecule has 124 valence electrons. The summed E-state index contributed by atoms with van der Waals surface area (Å²) in [5.41, 5.74) is 2.71. The zero-order valence-corrected chi connectivity index (χ0v) is 16.4. The van der Waals surface area contributed by atoms with E-state index >= 15 is 0 Å². The van der Waals surface area contributed by atoms with Crippen molar-refractivity contribution in [2.45, 2.75) is 0 Å². The first-order valence-corrected chi connectivity index (χ1v) is 9.65. The van der Waals surface area contributed by atoms with E-state index in [1.807, 2.05) is 29.6 Å². The van der Waals surface area contributed by atoms with Crippen LogP contribution in [0.25, 0.3) is 22.6 Å². The Morgan fingerprint density at radius 3 is 2.88 bits per heavy atom. The lowest BCUT2D eigenvalue weighted by atomic mass is 10.2. The SMILES string of the molecule is O=C(Nc1ccc2oc(-c3cc(I)ccc3Cl)nc2c1)c1cccs1. The highest BCUT2D eigenvalue weighted by Gasteiger charge is 2.13. The van der Waals surface area contributed by atoms with Gasteiger partial charge in [0.05, 0.1) is 15.5 Å². The highest BCUT2D eigenvalue weighted by atomic mass is 127. The van der Waals surface area contributed by atoms with E-state index in [2.05, 4.69) is 32.9 Å². The van der Waals surface area contributed by atoms with Gasteiger partial charge in [-0.2, -0.15) is 0 Å². The molecule has 7 heteroatoms. The first kappa shape index (κ1) is 16.6. The van der Waals surface area contributed by atoms with Crippen molar-refractivity contribution in [2.24, 2.45) is 0 Å². The van der Waals surface area contributed by atoms with Gasteiger partial charge >= 0.3 is 0 Å². The van der Waals surface area contributed by atoms with Gasteiger partial charge in [0.25, 0.3) is 5.91 Å². The molecular formula is C18H10ClIN2O2S. The van der Waals surface area contributed by atoms with Gasteiger partial charge in [-0.25, -0.2) is 4.98 Å². The molecule has 0 saturated carbocycles. The van der Waals surface area contributed by atoms with Crippen LogP contribution in [0.3, 0.4) is 0 Å². The van der Waals surface area contributed by atoms with E-state index in [4.69, 9.17) is 16.0 Å². The van der Waals surface area contributed by atoms with Crippen LogP contribution in [0.1, 0.15) is 9.67 Å². The van der Waals surface area contributed by atoms with Crippen molar-refractivity contribution < 1.29 is 9.21 Å². The van der Waals surface area contributed by atoms with Gasteiger partial charge in [-0.3, -0.25) is 4.79 Å². The number of rotatable bonds is 3. The molecule has 0 atom stereocenters. The van der Waals surface area contributed by atoms with Gasteiger partial charge in [-0.05, 0) is 70.4 Å². The lowest BCUT2D eigenvalue weighted by Gasteiger charge is -2.02. The molecule has 25 heavy (non-hydrogen) atoms. The number of carbonyl (C=O) groups is 1. The third-order valence-electron chi connectivity index (χ3n) is 3.55. The highest BCUT2D eigenvalue weighted by molar-refractivity contribution is 14.1. The van der Waals surface area contributed by atoms with E-state index in [0.29, 0.717) is 32.6 Å². The Morgan fingerprint density at radius 2 is 2.08 bits per heavy atom. The standard InChI is InChI=1S/C18H10ClIN2O2S/c19-13-5-3-10(20)8-12(13)18-22-14-9-11(4-6-15(14)24-18)21-17(23)16-2-1-7-25-16/h1-9H,(H,21,23). The monoisotopic (exact) mass is 480 g/mol. The molecule has 2 aromatic carbocycles. The van der Waals surface area contributed by atoms with E-state index in [9.17, 15) is 4.79 Å². The van der Waals surface area contributed by atoms with Crippen LogP contribution < -0.4 is 5.32 Å². The Hall–Kier alpha value is -1.90. The van der Waals surface area contributed by atoms with Crippen molar-refractivity contribution in [3.8, 4) is 11.5 Å². The lowest BCUT2D eigenvalue weighted by Crippen LogP contribution is -2.09. The minimum absolute atomic E-state index is 0.140. The van der Waals surface area contributed by atoms with Crippen LogP contribution >= 0.6 is 45.5 Å². The number of nitrogens with zero attached hydrogens (tertiary/aromatic N) is 1. The second kappa shape index (κ2) is 6.78. The summed E-state index contributed by atoms with van der Waals surface area (Å²) >= 11 is 9.87. The van der Waals surface area contributed by atoms with Crippen molar-refractivity contribution >= 4 is 68.2 Å². The molecule has 0 radical (unpaired) electrons. The molecule has 0 fully saturated rings. The number of benzene rings is 2. The van der Waals surface area contributed by atoms with Crippen LogP contribution in [0, 0.1) is 3.57 Å². The maximum Gasteiger partial charge on any atom is 0.265 e. The second-order valence-corrected chi connectivity index (χ2v) is 7.86. The normalized spacial score (nSPS) is 11.0. The maximum absolute atomic E-state index is 12.2. The molecule has 1 N–H and O–H groups in total. The van der Waals surface area contributed by atoms with Crippen LogP contribution in [0.2, 0.25) is 5.02 Å². The molecule has 0 aliphatic rings. The lowest BCUT2D eigenvalue weighted by molar-refractivity contribution is 0.103. The number of hydrogen-bond acceptors (Lipinski definition) is 4. The molecule has 1 amide bonds. The Morgan fingerprint density at radius 1 is 1.20 bits per heavy atom. The number of hydrogen-bond donors (Lipinski definition) is 1.